The first kappa shape index (κ1) is 19.2. The van der Waals surface area contributed by atoms with Gasteiger partial charge in [0, 0.05) is 24.2 Å². The Morgan fingerprint density at radius 1 is 1.13 bits per heavy atom. The predicted octanol–water partition coefficient (Wildman–Crippen LogP) is 4.60. The van der Waals surface area contributed by atoms with Gasteiger partial charge in [-0.05, 0) is 48.7 Å². The van der Waals surface area contributed by atoms with Gasteiger partial charge in [0.15, 0.2) is 11.2 Å². The fraction of sp³-hybridized carbons (Fsp3) is 0.174. The van der Waals surface area contributed by atoms with Crippen LogP contribution in [0.2, 0.25) is 0 Å². The van der Waals surface area contributed by atoms with Gasteiger partial charge in [0.05, 0.1) is 5.69 Å². The lowest BCUT2D eigenvalue weighted by Gasteiger charge is -2.11. The topological polar surface area (TPSA) is 77.1 Å². The van der Waals surface area contributed by atoms with E-state index >= 15 is 0 Å². The molecule has 1 aliphatic rings. The number of amides is 1. The molecule has 1 saturated carbocycles. The zero-order chi connectivity index (χ0) is 21.7. The number of carbonyl (C=O) groups is 1. The van der Waals surface area contributed by atoms with Gasteiger partial charge in [-0.25, -0.2) is 18.6 Å². The van der Waals surface area contributed by atoms with Crippen LogP contribution < -0.4 is 11.1 Å². The molecule has 0 atom stereocenters. The highest BCUT2D eigenvalue weighted by Crippen LogP contribution is 2.44. The summed E-state index contributed by atoms with van der Waals surface area (Å²) in [5.41, 5.74) is 3.25. The molecule has 0 spiro atoms. The van der Waals surface area contributed by atoms with E-state index in [2.05, 4.69) is 10.3 Å². The smallest absolute Gasteiger partial charge is 0.406 e. The van der Waals surface area contributed by atoms with Gasteiger partial charge < -0.3 is 9.73 Å². The number of pyridine rings is 1. The van der Waals surface area contributed by atoms with Crippen molar-refractivity contribution in [3.05, 3.63) is 82.0 Å². The van der Waals surface area contributed by atoms with E-state index in [1.807, 2.05) is 0 Å². The van der Waals surface area contributed by atoms with Crippen molar-refractivity contribution in [1.29, 1.82) is 0 Å². The average Bonchev–Trinajstić information content (AvgIpc) is 3.54. The maximum atomic E-state index is 13.8. The number of anilines is 1. The van der Waals surface area contributed by atoms with Gasteiger partial charge in [0.25, 0.3) is 5.91 Å². The lowest BCUT2D eigenvalue weighted by molar-refractivity contribution is 0.101. The molecule has 5 rings (SSSR count). The summed E-state index contributed by atoms with van der Waals surface area (Å²) < 4.78 is 34.3. The molecule has 0 saturated heterocycles. The molecule has 1 amide bonds. The Morgan fingerprint density at radius 3 is 2.45 bits per heavy atom. The number of halogens is 2. The Morgan fingerprint density at radius 2 is 1.81 bits per heavy atom. The minimum atomic E-state index is -0.924. The third-order valence-corrected chi connectivity index (χ3v) is 5.39. The van der Waals surface area contributed by atoms with Gasteiger partial charge in [-0.1, -0.05) is 18.2 Å². The van der Waals surface area contributed by atoms with E-state index in [9.17, 15) is 18.4 Å². The van der Waals surface area contributed by atoms with E-state index in [1.165, 1.54) is 10.6 Å². The number of nitrogens with one attached hydrogen (secondary N) is 1. The van der Waals surface area contributed by atoms with E-state index in [1.54, 1.807) is 37.4 Å². The summed E-state index contributed by atoms with van der Waals surface area (Å²) in [5, 5.41) is 2.51. The number of rotatable bonds is 4. The molecule has 2 aromatic carbocycles. The van der Waals surface area contributed by atoms with Crippen LogP contribution in [-0.4, -0.2) is 15.5 Å². The number of aryl methyl sites for hydroxylation is 1. The second-order valence-corrected chi connectivity index (χ2v) is 7.57. The Hall–Kier alpha value is -3.81. The van der Waals surface area contributed by atoms with Crippen LogP contribution in [0.5, 0.6) is 0 Å². The summed E-state index contributed by atoms with van der Waals surface area (Å²) in [6.07, 6.45) is 2.05. The molecule has 0 bridgehead atoms. The van der Waals surface area contributed by atoms with Crippen molar-refractivity contribution in [2.45, 2.75) is 18.8 Å². The SMILES string of the molecule is Cn1c(=O)oc2cc(-c3ccc(NC(=O)c4c(F)cccc4F)cc3)c(C3CC3)nc21. The number of fused-ring (bicyclic) bond motifs is 1. The first-order chi connectivity index (χ1) is 14.9. The van der Waals surface area contributed by atoms with E-state index in [0.717, 1.165) is 41.8 Å². The van der Waals surface area contributed by atoms with Crippen LogP contribution >= 0.6 is 0 Å². The molecule has 8 heteroatoms. The second kappa shape index (κ2) is 7.16. The summed E-state index contributed by atoms with van der Waals surface area (Å²) in [6.45, 7) is 0. The number of oxazole rings is 1. The van der Waals surface area contributed by atoms with Crippen LogP contribution in [0.1, 0.15) is 34.8 Å². The number of hydrogen-bond donors (Lipinski definition) is 1. The van der Waals surface area contributed by atoms with Gasteiger partial charge in [0.2, 0.25) is 0 Å². The third kappa shape index (κ3) is 3.39. The highest BCUT2D eigenvalue weighted by atomic mass is 19.1. The maximum Gasteiger partial charge on any atom is 0.420 e. The summed E-state index contributed by atoms with van der Waals surface area (Å²) in [6, 6.07) is 11.9. The quantitative estimate of drug-likeness (QED) is 0.522. The van der Waals surface area contributed by atoms with Gasteiger partial charge >= 0.3 is 5.76 Å². The molecule has 31 heavy (non-hydrogen) atoms. The highest BCUT2D eigenvalue weighted by molar-refractivity contribution is 6.04. The Bertz CT molecular complexity index is 1370. The van der Waals surface area contributed by atoms with Crippen molar-refractivity contribution in [3.8, 4) is 11.1 Å². The van der Waals surface area contributed by atoms with Crippen molar-refractivity contribution in [2.24, 2.45) is 7.05 Å². The summed E-state index contributed by atoms with van der Waals surface area (Å²) in [4.78, 5) is 28.8. The molecule has 0 unspecified atom stereocenters. The standard InChI is InChI=1S/C23H17F2N3O3/c1-28-21-18(31-23(28)30)11-15(20(27-21)13-5-6-13)12-7-9-14(10-8-12)26-22(29)19-16(24)3-2-4-17(19)25/h2-4,7-11,13H,5-6H2,1H3,(H,26,29). The molecule has 2 aromatic heterocycles. The first-order valence-electron chi connectivity index (χ1n) is 9.78. The third-order valence-electron chi connectivity index (χ3n) is 5.39. The largest absolute Gasteiger partial charge is 0.420 e. The molecule has 156 valence electrons. The Labute approximate surface area is 175 Å². The van der Waals surface area contributed by atoms with E-state index in [0.29, 0.717) is 22.8 Å². The zero-order valence-electron chi connectivity index (χ0n) is 16.5. The predicted molar refractivity (Wildman–Crippen MR) is 111 cm³/mol. The minimum Gasteiger partial charge on any atom is -0.406 e. The average molecular weight is 421 g/mol. The molecule has 1 aliphatic carbocycles. The van der Waals surface area contributed by atoms with Crippen LogP contribution in [0, 0.1) is 11.6 Å². The molecular weight excluding hydrogens is 404 g/mol. The molecule has 0 radical (unpaired) electrons. The van der Waals surface area contributed by atoms with Gasteiger partial charge in [-0.2, -0.15) is 0 Å². The second-order valence-electron chi connectivity index (χ2n) is 7.57. The van der Waals surface area contributed by atoms with Crippen molar-refractivity contribution in [2.75, 3.05) is 5.32 Å². The Kier molecular flexibility index (Phi) is 4.43. The maximum absolute atomic E-state index is 13.8. The van der Waals surface area contributed by atoms with Crippen LogP contribution in [0.25, 0.3) is 22.4 Å². The van der Waals surface area contributed by atoms with E-state index in [4.69, 9.17) is 4.42 Å². The first-order valence-corrected chi connectivity index (χ1v) is 9.78. The highest BCUT2D eigenvalue weighted by Gasteiger charge is 2.29. The summed E-state index contributed by atoms with van der Waals surface area (Å²) in [5.74, 6) is -2.86. The molecule has 6 nitrogen and oxygen atoms in total. The Balaban J connectivity index is 1.48. The zero-order valence-corrected chi connectivity index (χ0v) is 16.5. The number of hydrogen-bond acceptors (Lipinski definition) is 4. The lowest BCUT2D eigenvalue weighted by Crippen LogP contribution is -2.15. The molecular formula is C23H17F2N3O3. The molecule has 0 aliphatic heterocycles. The summed E-state index contributed by atoms with van der Waals surface area (Å²) >= 11 is 0. The van der Waals surface area contributed by atoms with Gasteiger partial charge in [-0.3, -0.25) is 9.36 Å². The number of carbonyl (C=O) groups excluding carboxylic acids is 1. The summed E-state index contributed by atoms with van der Waals surface area (Å²) in [7, 11) is 1.62. The fourth-order valence-corrected chi connectivity index (χ4v) is 3.60. The molecule has 2 heterocycles. The fourth-order valence-electron chi connectivity index (χ4n) is 3.60. The number of benzene rings is 2. The number of nitrogens with zero attached hydrogens (tertiary/aromatic N) is 2. The molecule has 4 aromatic rings. The lowest BCUT2D eigenvalue weighted by atomic mass is 10.0. The minimum absolute atomic E-state index is 0.327. The number of aromatic nitrogens is 2. The van der Waals surface area contributed by atoms with Gasteiger partial charge in [0.1, 0.15) is 17.2 Å². The van der Waals surface area contributed by atoms with Crippen molar-refractivity contribution >= 4 is 22.8 Å². The van der Waals surface area contributed by atoms with Crippen molar-refractivity contribution < 1.29 is 18.0 Å². The van der Waals surface area contributed by atoms with E-state index in [-0.39, 0.29) is 0 Å². The van der Waals surface area contributed by atoms with Crippen molar-refractivity contribution in [1.82, 2.24) is 9.55 Å². The molecule has 1 N–H and O–H groups in total. The van der Waals surface area contributed by atoms with Crippen molar-refractivity contribution in [3.63, 3.8) is 0 Å². The molecule has 1 fully saturated rings. The normalized spacial score (nSPS) is 13.5. The van der Waals surface area contributed by atoms with Crippen LogP contribution in [-0.2, 0) is 7.05 Å². The van der Waals surface area contributed by atoms with E-state index < -0.39 is 28.9 Å². The monoisotopic (exact) mass is 421 g/mol. The van der Waals surface area contributed by atoms with Gasteiger partial charge in [-0.15, -0.1) is 0 Å². The van der Waals surface area contributed by atoms with Crippen LogP contribution in [0.15, 0.2) is 57.7 Å². The van der Waals surface area contributed by atoms with Crippen LogP contribution in [0.3, 0.4) is 0 Å². The van der Waals surface area contributed by atoms with Crippen LogP contribution in [0.4, 0.5) is 14.5 Å².